The highest BCUT2D eigenvalue weighted by Gasteiger charge is 2.43. The zero-order valence-corrected chi connectivity index (χ0v) is 10.4. The van der Waals surface area contributed by atoms with Crippen LogP contribution >= 0.6 is 0 Å². The van der Waals surface area contributed by atoms with Crippen molar-refractivity contribution in [3.63, 3.8) is 0 Å². The summed E-state index contributed by atoms with van der Waals surface area (Å²) in [5.74, 6) is -0.903. The quantitative estimate of drug-likeness (QED) is 0.915. The SMILES string of the molecule is N#Cc1c(F)cccc1Nc1ccc2c(c1)OC(F)(F)O2. The molecule has 2 aromatic rings. The third kappa shape index (κ3) is 2.43. The van der Waals surface area contributed by atoms with E-state index in [9.17, 15) is 13.2 Å². The molecule has 1 aliphatic heterocycles. The summed E-state index contributed by atoms with van der Waals surface area (Å²) in [5, 5.41) is 11.7. The van der Waals surface area contributed by atoms with E-state index in [4.69, 9.17) is 5.26 Å². The van der Waals surface area contributed by atoms with Crippen LogP contribution in [0.5, 0.6) is 11.5 Å². The normalized spacial score (nSPS) is 14.6. The fourth-order valence-electron chi connectivity index (χ4n) is 1.92. The first-order valence-corrected chi connectivity index (χ1v) is 5.84. The number of ether oxygens (including phenoxy) is 2. The minimum absolute atomic E-state index is 0.0923. The Kier molecular flexibility index (Phi) is 2.87. The van der Waals surface area contributed by atoms with Crippen LogP contribution in [0.25, 0.3) is 0 Å². The van der Waals surface area contributed by atoms with Crippen LogP contribution in [0.1, 0.15) is 5.56 Å². The van der Waals surface area contributed by atoms with Crippen LogP contribution in [0.4, 0.5) is 24.5 Å². The molecular weight excluding hydrogens is 285 g/mol. The van der Waals surface area contributed by atoms with Gasteiger partial charge >= 0.3 is 6.29 Å². The van der Waals surface area contributed by atoms with E-state index in [1.807, 2.05) is 0 Å². The maximum absolute atomic E-state index is 13.5. The first-order valence-electron chi connectivity index (χ1n) is 5.84. The van der Waals surface area contributed by atoms with E-state index in [0.29, 0.717) is 5.69 Å². The molecule has 1 heterocycles. The van der Waals surface area contributed by atoms with Gasteiger partial charge in [-0.25, -0.2) is 4.39 Å². The molecule has 0 saturated heterocycles. The molecule has 7 heteroatoms. The molecule has 106 valence electrons. The molecule has 0 unspecified atom stereocenters. The fourth-order valence-corrected chi connectivity index (χ4v) is 1.92. The minimum Gasteiger partial charge on any atom is -0.395 e. The van der Waals surface area contributed by atoms with E-state index >= 15 is 0 Å². The van der Waals surface area contributed by atoms with E-state index < -0.39 is 12.1 Å². The molecule has 0 aliphatic carbocycles. The molecule has 2 aromatic carbocycles. The molecule has 0 radical (unpaired) electrons. The lowest BCUT2D eigenvalue weighted by Crippen LogP contribution is -2.25. The summed E-state index contributed by atoms with van der Waals surface area (Å²) in [4.78, 5) is 0. The van der Waals surface area contributed by atoms with Gasteiger partial charge in [-0.05, 0) is 24.3 Å². The summed E-state index contributed by atoms with van der Waals surface area (Å²) in [7, 11) is 0. The molecule has 0 fully saturated rings. The van der Waals surface area contributed by atoms with Crippen LogP contribution in [0, 0.1) is 17.1 Å². The monoisotopic (exact) mass is 292 g/mol. The Labute approximate surface area is 117 Å². The predicted octanol–water partition coefficient (Wildman–Crippen LogP) is 3.76. The Balaban J connectivity index is 1.92. The number of benzene rings is 2. The highest BCUT2D eigenvalue weighted by molar-refractivity contribution is 5.69. The maximum atomic E-state index is 13.5. The number of nitrogens with zero attached hydrogens (tertiary/aromatic N) is 1. The Morgan fingerprint density at radius 3 is 2.62 bits per heavy atom. The van der Waals surface area contributed by atoms with Crippen LogP contribution < -0.4 is 14.8 Å². The Morgan fingerprint density at radius 2 is 1.86 bits per heavy atom. The van der Waals surface area contributed by atoms with Crippen LogP contribution in [0.3, 0.4) is 0 Å². The molecule has 21 heavy (non-hydrogen) atoms. The summed E-state index contributed by atoms with van der Waals surface area (Å²) < 4.78 is 47.9. The van der Waals surface area contributed by atoms with Crippen LogP contribution in [-0.4, -0.2) is 6.29 Å². The molecule has 0 saturated carbocycles. The number of halogens is 3. The van der Waals surface area contributed by atoms with Gasteiger partial charge in [-0.1, -0.05) is 6.07 Å². The summed E-state index contributed by atoms with van der Waals surface area (Å²) in [6.45, 7) is 0. The highest BCUT2D eigenvalue weighted by atomic mass is 19.3. The number of alkyl halides is 2. The van der Waals surface area contributed by atoms with Gasteiger partial charge in [0.05, 0.1) is 5.69 Å². The molecule has 0 bridgehead atoms. The number of nitrogens with one attached hydrogen (secondary N) is 1. The van der Waals surface area contributed by atoms with Crippen LogP contribution in [0.15, 0.2) is 36.4 Å². The lowest BCUT2D eigenvalue weighted by molar-refractivity contribution is -0.286. The van der Waals surface area contributed by atoms with Gasteiger partial charge in [0.1, 0.15) is 17.4 Å². The van der Waals surface area contributed by atoms with Gasteiger partial charge in [-0.2, -0.15) is 5.26 Å². The number of hydrogen-bond donors (Lipinski definition) is 1. The molecule has 0 spiro atoms. The van der Waals surface area contributed by atoms with Gasteiger partial charge in [-0.15, -0.1) is 8.78 Å². The van der Waals surface area contributed by atoms with Crippen molar-refractivity contribution < 1.29 is 22.6 Å². The van der Waals surface area contributed by atoms with Crippen LogP contribution in [0.2, 0.25) is 0 Å². The van der Waals surface area contributed by atoms with Gasteiger partial charge in [0.25, 0.3) is 0 Å². The topological polar surface area (TPSA) is 54.3 Å². The zero-order chi connectivity index (χ0) is 15.0. The molecular formula is C14H7F3N2O2. The molecule has 1 N–H and O–H groups in total. The summed E-state index contributed by atoms with van der Waals surface area (Å²) in [6.07, 6.45) is -3.70. The van der Waals surface area contributed by atoms with Crippen molar-refractivity contribution in [1.82, 2.24) is 0 Å². The Morgan fingerprint density at radius 1 is 1.10 bits per heavy atom. The first-order chi connectivity index (χ1) is 9.98. The van der Waals surface area contributed by atoms with Crippen molar-refractivity contribution in [3.05, 3.63) is 47.8 Å². The number of fused-ring (bicyclic) bond motifs is 1. The Hall–Kier alpha value is -2.88. The van der Waals surface area contributed by atoms with E-state index in [1.165, 1.54) is 30.3 Å². The molecule has 0 aromatic heterocycles. The molecule has 0 amide bonds. The lowest BCUT2D eigenvalue weighted by atomic mass is 10.1. The van der Waals surface area contributed by atoms with E-state index in [1.54, 1.807) is 6.07 Å². The van der Waals surface area contributed by atoms with Crippen molar-refractivity contribution in [3.8, 4) is 17.6 Å². The van der Waals surface area contributed by atoms with Crippen molar-refractivity contribution in [2.24, 2.45) is 0 Å². The van der Waals surface area contributed by atoms with E-state index in [-0.39, 0.29) is 22.7 Å². The van der Waals surface area contributed by atoms with Crippen LogP contribution in [-0.2, 0) is 0 Å². The van der Waals surface area contributed by atoms with Crippen molar-refractivity contribution >= 4 is 11.4 Å². The second kappa shape index (κ2) is 4.59. The molecule has 4 nitrogen and oxygen atoms in total. The number of hydrogen-bond acceptors (Lipinski definition) is 4. The average molecular weight is 292 g/mol. The highest BCUT2D eigenvalue weighted by Crippen LogP contribution is 2.42. The van der Waals surface area contributed by atoms with E-state index in [0.717, 1.165) is 6.07 Å². The van der Waals surface area contributed by atoms with E-state index in [2.05, 4.69) is 14.8 Å². The maximum Gasteiger partial charge on any atom is 0.586 e. The van der Waals surface area contributed by atoms with Gasteiger partial charge in [-0.3, -0.25) is 0 Å². The molecule has 0 atom stereocenters. The summed E-state index contributed by atoms with van der Waals surface area (Å²) >= 11 is 0. The second-order valence-corrected chi connectivity index (χ2v) is 4.23. The number of nitriles is 1. The van der Waals surface area contributed by atoms with Crippen molar-refractivity contribution in [1.29, 1.82) is 5.26 Å². The molecule has 1 aliphatic rings. The van der Waals surface area contributed by atoms with Gasteiger partial charge in [0, 0.05) is 11.8 Å². The van der Waals surface area contributed by atoms with Gasteiger partial charge in [0.2, 0.25) is 0 Å². The largest absolute Gasteiger partial charge is 0.586 e. The standard InChI is InChI=1S/C14H7F3N2O2/c15-10-2-1-3-11(9(10)7-18)19-8-4-5-12-13(6-8)21-14(16,17)20-12/h1-6,19H. The lowest BCUT2D eigenvalue weighted by Gasteiger charge is -2.09. The van der Waals surface area contributed by atoms with Gasteiger partial charge in [0.15, 0.2) is 11.5 Å². The minimum atomic E-state index is -3.70. The third-order valence-corrected chi connectivity index (χ3v) is 2.81. The van der Waals surface area contributed by atoms with Gasteiger partial charge < -0.3 is 14.8 Å². The Bertz CT molecular complexity index is 756. The first kappa shape index (κ1) is 13.1. The second-order valence-electron chi connectivity index (χ2n) is 4.23. The summed E-state index contributed by atoms with van der Waals surface area (Å²) in [6, 6.07) is 9.85. The predicted molar refractivity (Wildman–Crippen MR) is 67.0 cm³/mol. The fraction of sp³-hybridized carbons (Fsp3) is 0.0714. The third-order valence-electron chi connectivity index (χ3n) is 2.81. The zero-order valence-electron chi connectivity index (χ0n) is 10.4. The summed E-state index contributed by atoms with van der Waals surface area (Å²) in [5.41, 5.74) is 0.417. The number of anilines is 2. The smallest absolute Gasteiger partial charge is 0.395 e. The average Bonchev–Trinajstić information content (AvgIpc) is 2.72. The van der Waals surface area contributed by atoms with Crippen molar-refractivity contribution in [2.75, 3.05) is 5.32 Å². The van der Waals surface area contributed by atoms with Crippen molar-refractivity contribution in [2.45, 2.75) is 6.29 Å². The number of rotatable bonds is 2. The molecule has 3 rings (SSSR count).